The summed E-state index contributed by atoms with van der Waals surface area (Å²) in [6, 6.07) is 13.7. The standard InChI is InChI=1S/C22H27N3O5S/c23-31(27,28)18-10-8-17(9-11-18)29-15-14-25-16-21(22(26)24-12-4-1-5-13-24)30-20-7-3-2-6-19(20)25/h2-3,6-11,21H,1,4-5,12-16H2,(H2,23,27,28). The van der Waals surface area contributed by atoms with Crippen LogP contribution in [-0.2, 0) is 14.8 Å². The molecule has 2 aromatic rings. The molecular weight excluding hydrogens is 418 g/mol. The van der Waals surface area contributed by atoms with Crippen LogP contribution in [0.3, 0.4) is 0 Å². The predicted octanol–water partition coefficient (Wildman–Crippen LogP) is 1.99. The van der Waals surface area contributed by atoms with Crippen LogP contribution in [0.5, 0.6) is 11.5 Å². The number of anilines is 1. The number of benzene rings is 2. The highest BCUT2D eigenvalue weighted by molar-refractivity contribution is 7.89. The van der Waals surface area contributed by atoms with Crippen LogP contribution in [0.1, 0.15) is 19.3 Å². The summed E-state index contributed by atoms with van der Waals surface area (Å²) in [7, 11) is -3.73. The van der Waals surface area contributed by atoms with Gasteiger partial charge in [0, 0.05) is 13.1 Å². The molecule has 166 valence electrons. The molecule has 8 nitrogen and oxygen atoms in total. The maximum absolute atomic E-state index is 13.0. The second-order valence-electron chi connectivity index (χ2n) is 7.77. The molecule has 0 saturated carbocycles. The molecule has 0 aliphatic carbocycles. The van der Waals surface area contributed by atoms with E-state index in [1.54, 1.807) is 12.1 Å². The molecule has 1 atom stereocenters. The van der Waals surface area contributed by atoms with Gasteiger partial charge in [-0.15, -0.1) is 0 Å². The number of fused-ring (bicyclic) bond motifs is 1. The van der Waals surface area contributed by atoms with Crippen molar-refractivity contribution < 1.29 is 22.7 Å². The Morgan fingerprint density at radius 1 is 1.06 bits per heavy atom. The number of carbonyl (C=O) groups excluding carboxylic acids is 1. The molecule has 2 heterocycles. The van der Waals surface area contributed by atoms with Gasteiger partial charge in [0.2, 0.25) is 10.0 Å². The van der Waals surface area contributed by atoms with E-state index < -0.39 is 16.1 Å². The fourth-order valence-electron chi connectivity index (χ4n) is 3.96. The van der Waals surface area contributed by atoms with Crippen molar-refractivity contribution >= 4 is 21.6 Å². The average molecular weight is 446 g/mol. The summed E-state index contributed by atoms with van der Waals surface area (Å²) in [5, 5.41) is 5.12. The summed E-state index contributed by atoms with van der Waals surface area (Å²) in [5.41, 5.74) is 0.929. The summed E-state index contributed by atoms with van der Waals surface area (Å²) >= 11 is 0. The van der Waals surface area contributed by atoms with Crippen molar-refractivity contribution in [1.29, 1.82) is 0 Å². The van der Waals surface area contributed by atoms with Crippen LogP contribution in [0.15, 0.2) is 53.4 Å². The summed E-state index contributed by atoms with van der Waals surface area (Å²) in [6.45, 7) is 2.96. The normalized spacial score (nSPS) is 18.8. The number of hydrogen-bond acceptors (Lipinski definition) is 6. The minimum Gasteiger partial charge on any atom is -0.492 e. The second kappa shape index (κ2) is 9.15. The Labute approximate surface area is 182 Å². The molecule has 4 rings (SSSR count). The van der Waals surface area contributed by atoms with E-state index in [2.05, 4.69) is 4.90 Å². The maximum atomic E-state index is 13.0. The SMILES string of the molecule is NS(=O)(=O)c1ccc(OCCN2CC(C(=O)N3CCCCC3)Oc3ccccc32)cc1. The van der Waals surface area contributed by atoms with Gasteiger partial charge in [0.25, 0.3) is 5.91 Å². The number of likely N-dealkylation sites (tertiary alicyclic amines) is 1. The summed E-state index contributed by atoms with van der Waals surface area (Å²) in [4.78, 5) is 17.1. The van der Waals surface area contributed by atoms with Crippen molar-refractivity contribution in [1.82, 2.24) is 4.90 Å². The zero-order chi connectivity index (χ0) is 21.8. The molecule has 2 aliphatic rings. The fourth-order valence-corrected chi connectivity index (χ4v) is 4.48. The zero-order valence-electron chi connectivity index (χ0n) is 17.3. The molecule has 2 N–H and O–H groups in total. The highest BCUT2D eigenvalue weighted by atomic mass is 32.2. The third kappa shape index (κ3) is 5.11. The monoisotopic (exact) mass is 445 g/mol. The number of piperidine rings is 1. The third-order valence-electron chi connectivity index (χ3n) is 5.59. The molecule has 0 spiro atoms. The van der Waals surface area contributed by atoms with Crippen LogP contribution in [0.4, 0.5) is 5.69 Å². The van der Waals surface area contributed by atoms with Crippen molar-refractivity contribution in [2.75, 3.05) is 37.7 Å². The van der Waals surface area contributed by atoms with Crippen LogP contribution >= 0.6 is 0 Å². The number of para-hydroxylation sites is 2. The molecule has 2 aromatic carbocycles. The summed E-state index contributed by atoms with van der Waals surface area (Å²) < 4.78 is 34.6. The number of primary sulfonamides is 1. The molecule has 1 fully saturated rings. The average Bonchev–Trinajstić information content (AvgIpc) is 2.79. The van der Waals surface area contributed by atoms with Gasteiger partial charge < -0.3 is 19.3 Å². The number of nitrogens with two attached hydrogens (primary N) is 1. The minimum atomic E-state index is -3.73. The quantitative estimate of drug-likeness (QED) is 0.730. The van der Waals surface area contributed by atoms with Gasteiger partial charge in [-0.1, -0.05) is 12.1 Å². The van der Waals surface area contributed by atoms with Crippen LogP contribution in [0, 0.1) is 0 Å². The Kier molecular flexibility index (Phi) is 6.33. The number of ether oxygens (including phenoxy) is 2. The predicted molar refractivity (Wildman–Crippen MR) is 117 cm³/mol. The molecular formula is C22H27N3O5S. The van der Waals surface area contributed by atoms with E-state index in [1.165, 1.54) is 18.6 Å². The lowest BCUT2D eigenvalue weighted by molar-refractivity contribution is -0.139. The molecule has 2 aliphatic heterocycles. The molecule has 9 heteroatoms. The van der Waals surface area contributed by atoms with Gasteiger partial charge in [-0.05, 0) is 55.7 Å². The van der Waals surface area contributed by atoms with Crippen LogP contribution in [0.25, 0.3) is 0 Å². The maximum Gasteiger partial charge on any atom is 0.265 e. The summed E-state index contributed by atoms with van der Waals surface area (Å²) in [6.07, 6.45) is 2.70. The Balaban J connectivity index is 1.41. The largest absolute Gasteiger partial charge is 0.492 e. The molecule has 0 radical (unpaired) electrons. The Morgan fingerprint density at radius 2 is 1.77 bits per heavy atom. The lowest BCUT2D eigenvalue weighted by Gasteiger charge is -2.38. The Morgan fingerprint density at radius 3 is 2.48 bits per heavy atom. The third-order valence-corrected chi connectivity index (χ3v) is 6.52. The van der Waals surface area contributed by atoms with Gasteiger partial charge in [0.15, 0.2) is 6.10 Å². The van der Waals surface area contributed by atoms with Crippen LogP contribution in [-0.4, -0.2) is 58.1 Å². The lowest BCUT2D eigenvalue weighted by atomic mass is 10.1. The van der Waals surface area contributed by atoms with E-state index in [0.717, 1.165) is 31.6 Å². The van der Waals surface area contributed by atoms with E-state index in [1.807, 2.05) is 29.2 Å². The van der Waals surface area contributed by atoms with Crippen molar-refractivity contribution in [2.45, 2.75) is 30.3 Å². The van der Waals surface area contributed by atoms with Gasteiger partial charge >= 0.3 is 0 Å². The Hall–Kier alpha value is -2.78. The number of nitrogens with zero attached hydrogens (tertiary/aromatic N) is 2. The minimum absolute atomic E-state index is 0.0405. The van der Waals surface area contributed by atoms with Gasteiger partial charge in [0.1, 0.15) is 18.1 Å². The number of carbonyl (C=O) groups is 1. The first-order valence-electron chi connectivity index (χ1n) is 10.5. The first-order chi connectivity index (χ1) is 14.9. The van der Waals surface area contributed by atoms with Gasteiger partial charge in [-0.3, -0.25) is 4.79 Å². The number of rotatable bonds is 6. The van der Waals surface area contributed by atoms with E-state index in [9.17, 15) is 13.2 Å². The molecule has 0 bridgehead atoms. The van der Waals surface area contributed by atoms with Gasteiger partial charge in [-0.2, -0.15) is 0 Å². The number of hydrogen-bond donors (Lipinski definition) is 1. The van der Waals surface area contributed by atoms with E-state index in [4.69, 9.17) is 14.6 Å². The summed E-state index contributed by atoms with van der Waals surface area (Å²) in [5.74, 6) is 1.29. The fraction of sp³-hybridized carbons (Fsp3) is 0.409. The second-order valence-corrected chi connectivity index (χ2v) is 9.33. The first kappa shape index (κ1) is 21.5. The van der Waals surface area contributed by atoms with Crippen molar-refractivity contribution in [3.05, 3.63) is 48.5 Å². The van der Waals surface area contributed by atoms with Crippen molar-refractivity contribution in [3.8, 4) is 11.5 Å². The molecule has 31 heavy (non-hydrogen) atoms. The van der Waals surface area contributed by atoms with Gasteiger partial charge in [0.05, 0.1) is 23.7 Å². The molecule has 0 aromatic heterocycles. The van der Waals surface area contributed by atoms with Crippen molar-refractivity contribution in [2.24, 2.45) is 5.14 Å². The highest BCUT2D eigenvalue weighted by Gasteiger charge is 2.33. The molecule has 1 amide bonds. The Bertz CT molecular complexity index is 1020. The topological polar surface area (TPSA) is 102 Å². The van der Waals surface area contributed by atoms with E-state index in [-0.39, 0.29) is 10.8 Å². The van der Waals surface area contributed by atoms with Gasteiger partial charge in [-0.25, -0.2) is 13.6 Å². The van der Waals surface area contributed by atoms with Crippen LogP contribution in [0.2, 0.25) is 0 Å². The lowest BCUT2D eigenvalue weighted by Crippen LogP contribution is -2.52. The number of amides is 1. The highest BCUT2D eigenvalue weighted by Crippen LogP contribution is 2.33. The van der Waals surface area contributed by atoms with Crippen molar-refractivity contribution in [3.63, 3.8) is 0 Å². The smallest absolute Gasteiger partial charge is 0.265 e. The molecule has 1 unspecified atom stereocenters. The zero-order valence-corrected chi connectivity index (χ0v) is 18.1. The van der Waals surface area contributed by atoms with E-state index in [0.29, 0.717) is 31.2 Å². The molecule has 1 saturated heterocycles. The first-order valence-corrected chi connectivity index (χ1v) is 12.0. The number of sulfonamides is 1. The van der Waals surface area contributed by atoms with Crippen LogP contribution < -0.4 is 19.5 Å². The van der Waals surface area contributed by atoms with E-state index >= 15 is 0 Å².